The highest BCUT2D eigenvalue weighted by Gasteiger charge is 2.17. The largest absolute Gasteiger partial charge is 0.480 e. The molecule has 0 radical (unpaired) electrons. The lowest BCUT2D eigenvalue weighted by molar-refractivity contribution is -0.138. The zero-order chi connectivity index (χ0) is 11.7. The number of nitrogens with two attached hydrogens (primary N) is 1. The second kappa shape index (κ2) is 3.94. The second-order valence-electron chi connectivity index (χ2n) is 3.78. The van der Waals surface area contributed by atoms with Gasteiger partial charge in [0.15, 0.2) is 5.58 Å². The van der Waals surface area contributed by atoms with Crippen molar-refractivity contribution in [1.29, 1.82) is 0 Å². The molecular weight excluding hydrogens is 208 g/mol. The highest BCUT2D eigenvalue weighted by Crippen LogP contribution is 2.20. The van der Waals surface area contributed by atoms with Crippen LogP contribution in [0.1, 0.15) is 11.3 Å². The van der Waals surface area contributed by atoms with Gasteiger partial charge in [-0.15, -0.1) is 0 Å². The molecule has 0 fully saturated rings. The van der Waals surface area contributed by atoms with E-state index < -0.39 is 12.0 Å². The fourth-order valence-corrected chi connectivity index (χ4v) is 1.55. The summed E-state index contributed by atoms with van der Waals surface area (Å²) in [5.41, 5.74) is 7.77. The van der Waals surface area contributed by atoms with E-state index in [1.807, 2.05) is 25.1 Å². The van der Waals surface area contributed by atoms with E-state index in [-0.39, 0.29) is 6.42 Å². The number of carboxylic acid groups (broad SMARTS) is 1. The van der Waals surface area contributed by atoms with Crippen LogP contribution in [0.4, 0.5) is 0 Å². The average molecular weight is 220 g/mol. The molecule has 0 aliphatic rings. The molecular formula is C11H12N2O3. The average Bonchev–Trinajstić information content (AvgIpc) is 2.61. The maximum Gasteiger partial charge on any atom is 0.320 e. The quantitative estimate of drug-likeness (QED) is 0.808. The van der Waals surface area contributed by atoms with E-state index in [0.29, 0.717) is 11.3 Å². The highest BCUT2D eigenvalue weighted by atomic mass is 16.5. The van der Waals surface area contributed by atoms with Crippen molar-refractivity contribution in [3.63, 3.8) is 0 Å². The number of carbonyl (C=O) groups is 1. The zero-order valence-electron chi connectivity index (χ0n) is 8.80. The maximum absolute atomic E-state index is 10.6. The van der Waals surface area contributed by atoms with Gasteiger partial charge in [-0.2, -0.15) is 0 Å². The van der Waals surface area contributed by atoms with Crippen LogP contribution < -0.4 is 5.73 Å². The van der Waals surface area contributed by atoms with Gasteiger partial charge in [0.2, 0.25) is 0 Å². The van der Waals surface area contributed by atoms with Crippen LogP contribution in [-0.2, 0) is 11.2 Å². The van der Waals surface area contributed by atoms with Gasteiger partial charge in [-0.05, 0) is 19.1 Å². The molecule has 1 unspecified atom stereocenters. The van der Waals surface area contributed by atoms with Crippen molar-refractivity contribution in [2.45, 2.75) is 19.4 Å². The molecule has 5 heteroatoms. The molecule has 2 rings (SSSR count). The van der Waals surface area contributed by atoms with Gasteiger partial charge in [0, 0.05) is 11.8 Å². The van der Waals surface area contributed by atoms with Gasteiger partial charge in [-0.1, -0.05) is 16.8 Å². The zero-order valence-corrected chi connectivity index (χ0v) is 8.80. The summed E-state index contributed by atoms with van der Waals surface area (Å²) in [6, 6.07) is 4.69. The van der Waals surface area contributed by atoms with Crippen LogP contribution in [0.2, 0.25) is 0 Å². The van der Waals surface area contributed by atoms with Crippen LogP contribution in [0.15, 0.2) is 22.7 Å². The standard InChI is InChI=1S/C11H12N2O3/c1-6-2-3-10-7(4-6)9(13-16-10)5-8(12)11(14)15/h2-4,8H,5,12H2,1H3,(H,14,15). The molecule has 1 aromatic carbocycles. The number of fused-ring (bicyclic) bond motifs is 1. The van der Waals surface area contributed by atoms with E-state index >= 15 is 0 Å². The summed E-state index contributed by atoms with van der Waals surface area (Å²) in [6.45, 7) is 1.95. The van der Waals surface area contributed by atoms with E-state index in [2.05, 4.69) is 5.16 Å². The first-order chi connectivity index (χ1) is 7.58. The summed E-state index contributed by atoms with van der Waals surface area (Å²) in [4.78, 5) is 10.6. The van der Waals surface area contributed by atoms with Crippen LogP contribution in [0.5, 0.6) is 0 Å². The Bertz CT molecular complexity index is 533. The van der Waals surface area contributed by atoms with Crippen LogP contribution in [0.25, 0.3) is 11.0 Å². The normalized spacial score (nSPS) is 12.9. The summed E-state index contributed by atoms with van der Waals surface area (Å²) in [5.74, 6) is -1.04. The SMILES string of the molecule is Cc1ccc2onc(CC(N)C(=O)O)c2c1. The highest BCUT2D eigenvalue weighted by molar-refractivity contribution is 5.81. The second-order valence-corrected chi connectivity index (χ2v) is 3.78. The summed E-state index contributed by atoms with van der Waals surface area (Å²) < 4.78 is 5.09. The molecule has 1 atom stereocenters. The van der Waals surface area contributed by atoms with Gasteiger partial charge >= 0.3 is 5.97 Å². The number of aliphatic carboxylic acids is 1. The predicted molar refractivity (Wildman–Crippen MR) is 58.1 cm³/mol. The molecule has 0 amide bonds. The summed E-state index contributed by atoms with van der Waals surface area (Å²) in [7, 11) is 0. The van der Waals surface area contributed by atoms with E-state index in [4.69, 9.17) is 15.4 Å². The van der Waals surface area contributed by atoms with Crippen molar-refractivity contribution >= 4 is 16.9 Å². The number of hydrogen-bond donors (Lipinski definition) is 2. The van der Waals surface area contributed by atoms with E-state index in [1.165, 1.54) is 0 Å². The van der Waals surface area contributed by atoms with Crippen LogP contribution in [0, 0.1) is 6.92 Å². The maximum atomic E-state index is 10.6. The Morgan fingerprint density at radius 1 is 1.62 bits per heavy atom. The Kier molecular flexibility index (Phi) is 2.62. The molecule has 0 aliphatic heterocycles. The van der Waals surface area contributed by atoms with Crippen molar-refractivity contribution in [3.05, 3.63) is 29.5 Å². The van der Waals surface area contributed by atoms with Gasteiger partial charge in [0.1, 0.15) is 6.04 Å². The van der Waals surface area contributed by atoms with Crippen molar-refractivity contribution in [3.8, 4) is 0 Å². The van der Waals surface area contributed by atoms with Gasteiger partial charge in [-0.3, -0.25) is 4.79 Å². The molecule has 0 aliphatic carbocycles. The Morgan fingerprint density at radius 2 is 2.38 bits per heavy atom. The van der Waals surface area contributed by atoms with E-state index in [1.54, 1.807) is 0 Å². The van der Waals surface area contributed by atoms with E-state index in [0.717, 1.165) is 10.9 Å². The first kappa shape index (κ1) is 10.6. The number of aromatic nitrogens is 1. The summed E-state index contributed by atoms with van der Waals surface area (Å²) in [6.07, 6.45) is 0.172. The van der Waals surface area contributed by atoms with Crippen molar-refractivity contribution in [2.75, 3.05) is 0 Å². The number of hydrogen-bond acceptors (Lipinski definition) is 4. The Morgan fingerprint density at radius 3 is 3.06 bits per heavy atom. The molecule has 5 nitrogen and oxygen atoms in total. The van der Waals surface area contributed by atoms with Crippen LogP contribution in [-0.4, -0.2) is 22.3 Å². The fourth-order valence-electron chi connectivity index (χ4n) is 1.55. The van der Waals surface area contributed by atoms with Gasteiger partial charge < -0.3 is 15.4 Å². The molecule has 16 heavy (non-hydrogen) atoms. The smallest absolute Gasteiger partial charge is 0.320 e. The Labute approximate surface area is 91.8 Å². The molecule has 0 saturated heterocycles. The molecule has 2 aromatic rings. The fraction of sp³-hybridized carbons (Fsp3) is 0.273. The number of carboxylic acids is 1. The van der Waals surface area contributed by atoms with Gasteiger partial charge in [0.25, 0.3) is 0 Å². The third kappa shape index (κ3) is 1.90. The first-order valence-corrected chi connectivity index (χ1v) is 4.91. The minimum atomic E-state index is -1.04. The lowest BCUT2D eigenvalue weighted by Gasteiger charge is -2.02. The topological polar surface area (TPSA) is 89.4 Å². The number of benzene rings is 1. The summed E-state index contributed by atoms with van der Waals surface area (Å²) in [5, 5.41) is 13.4. The van der Waals surface area contributed by atoms with Crippen molar-refractivity contribution in [2.24, 2.45) is 5.73 Å². The minimum absolute atomic E-state index is 0.172. The third-order valence-corrected chi connectivity index (χ3v) is 2.43. The predicted octanol–water partition coefficient (Wildman–Crippen LogP) is 1.09. The first-order valence-electron chi connectivity index (χ1n) is 4.91. The van der Waals surface area contributed by atoms with Gasteiger partial charge in [-0.25, -0.2) is 0 Å². The monoisotopic (exact) mass is 220 g/mol. The van der Waals surface area contributed by atoms with Crippen LogP contribution in [0.3, 0.4) is 0 Å². The lowest BCUT2D eigenvalue weighted by atomic mass is 10.1. The van der Waals surface area contributed by atoms with Crippen LogP contribution >= 0.6 is 0 Å². The molecule has 84 valence electrons. The number of aryl methyl sites for hydroxylation is 1. The minimum Gasteiger partial charge on any atom is -0.480 e. The number of rotatable bonds is 3. The van der Waals surface area contributed by atoms with Gasteiger partial charge in [0.05, 0.1) is 5.69 Å². The molecule has 0 saturated carbocycles. The Balaban J connectivity index is 2.37. The molecule has 1 aromatic heterocycles. The third-order valence-electron chi connectivity index (χ3n) is 2.43. The molecule has 0 bridgehead atoms. The molecule has 0 spiro atoms. The lowest BCUT2D eigenvalue weighted by Crippen LogP contribution is -2.32. The molecule has 1 heterocycles. The number of nitrogens with zero attached hydrogens (tertiary/aromatic N) is 1. The van der Waals surface area contributed by atoms with E-state index in [9.17, 15) is 4.79 Å². The summed E-state index contributed by atoms with van der Waals surface area (Å²) >= 11 is 0. The Hall–Kier alpha value is -1.88. The molecule has 3 N–H and O–H groups in total. The van der Waals surface area contributed by atoms with Crippen molar-refractivity contribution < 1.29 is 14.4 Å². The van der Waals surface area contributed by atoms with Crippen molar-refractivity contribution in [1.82, 2.24) is 5.16 Å².